The first kappa shape index (κ1) is 19.3. The Kier molecular flexibility index (Phi) is 9.09. The minimum atomic E-state index is -0.766. The zero-order valence-electron chi connectivity index (χ0n) is 13.5. The standard InChI is InChI=1S/C16H23ClN2O4/c1-3-4-9-23-10-5-8-18-15(20)16(21)19-13-11-12(17)6-7-14(13)22-2/h6-7,11H,3-5,8-10H2,1-2H3,(H,18,20)(H,19,21). The summed E-state index contributed by atoms with van der Waals surface area (Å²) in [6.07, 6.45) is 2.77. The van der Waals surface area contributed by atoms with Crippen LogP contribution in [0.25, 0.3) is 0 Å². The largest absolute Gasteiger partial charge is 0.495 e. The second-order valence-corrected chi connectivity index (χ2v) is 5.31. The number of hydrogen-bond donors (Lipinski definition) is 2. The average Bonchev–Trinajstić information content (AvgIpc) is 2.54. The highest BCUT2D eigenvalue weighted by Gasteiger charge is 2.15. The quantitative estimate of drug-likeness (QED) is 0.534. The van der Waals surface area contributed by atoms with Crippen molar-refractivity contribution in [1.29, 1.82) is 0 Å². The topological polar surface area (TPSA) is 76.7 Å². The lowest BCUT2D eigenvalue weighted by molar-refractivity contribution is -0.136. The van der Waals surface area contributed by atoms with Crippen LogP contribution in [0.15, 0.2) is 18.2 Å². The number of benzene rings is 1. The van der Waals surface area contributed by atoms with Crippen LogP contribution < -0.4 is 15.4 Å². The van der Waals surface area contributed by atoms with Crippen LogP contribution in [0.3, 0.4) is 0 Å². The van der Waals surface area contributed by atoms with Crippen molar-refractivity contribution in [2.24, 2.45) is 0 Å². The Morgan fingerprint density at radius 1 is 1.17 bits per heavy atom. The van der Waals surface area contributed by atoms with Gasteiger partial charge in [-0.05, 0) is 31.0 Å². The first-order valence-electron chi connectivity index (χ1n) is 7.59. The summed E-state index contributed by atoms with van der Waals surface area (Å²) in [5, 5.41) is 5.46. The molecule has 128 valence electrons. The van der Waals surface area contributed by atoms with Crippen LogP contribution in [-0.2, 0) is 14.3 Å². The predicted molar refractivity (Wildman–Crippen MR) is 90.0 cm³/mol. The number of rotatable bonds is 9. The summed E-state index contributed by atoms with van der Waals surface area (Å²) in [6, 6.07) is 4.77. The molecule has 0 saturated carbocycles. The second-order valence-electron chi connectivity index (χ2n) is 4.87. The number of anilines is 1. The molecule has 0 heterocycles. The molecule has 6 nitrogen and oxygen atoms in total. The van der Waals surface area contributed by atoms with Gasteiger partial charge in [-0.1, -0.05) is 24.9 Å². The van der Waals surface area contributed by atoms with E-state index >= 15 is 0 Å². The van der Waals surface area contributed by atoms with Crippen molar-refractivity contribution >= 4 is 29.1 Å². The molecule has 0 unspecified atom stereocenters. The molecule has 0 aromatic heterocycles. The minimum absolute atomic E-state index is 0.350. The Morgan fingerprint density at radius 3 is 2.61 bits per heavy atom. The molecule has 23 heavy (non-hydrogen) atoms. The van der Waals surface area contributed by atoms with Crippen molar-refractivity contribution in [2.75, 3.05) is 32.2 Å². The number of carbonyl (C=O) groups is 2. The van der Waals surface area contributed by atoms with E-state index in [1.54, 1.807) is 12.1 Å². The first-order chi connectivity index (χ1) is 11.1. The van der Waals surface area contributed by atoms with Crippen molar-refractivity contribution in [3.05, 3.63) is 23.2 Å². The van der Waals surface area contributed by atoms with Gasteiger partial charge in [-0.3, -0.25) is 9.59 Å². The van der Waals surface area contributed by atoms with Gasteiger partial charge in [0.1, 0.15) is 5.75 Å². The summed E-state index contributed by atoms with van der Waals surface area (Å²) in [4.78, 5) is 23.6. The summed E-state index contributed by atoms with van der Waals surface area (Å²) in [5.41, 5.74) is 0.350. The van der Waals surface area contributed by atoms with Gasteiger partial charge in [0.2, 0.25) is 0 Å². The number of halogens is 1. The molecule has 0 saturated heterocycles. The van der Waals surface area contributed by atoms with E-state index in [4.69, 9.17) is 21.1 Å². The lowest BCUT2D eigenvalue weighted by Gasteiger charge is -2.10. The van der Waals surface area contributed by atoms with Gasteiger partial charge in [0.15, 0.2) is 0 Å². The predicted octanol–water partition coefficient (Wildman–Crippen LogP) is 2.61. The molecule has 0 aliphatic rings. The van der Waals surface area contributed by atoms with E-state index in [2.05, 4.69) is 17.6 Å². The number of nitrogens with one attached hydrogen (secondary N) is 2. The maximum atomic E-state index is 11.8. The maximum absolute atomic E-state index is 11.8. The van der Waals surface area contributed by atoms with Crippen molar-refractivity contribution in [3.63, 3.8) is 0 Å². The zero-order valence-corrected chi connectivity index (χ0v) is 14.2. The molecule has 2 N–H and O–H groups in total. The van der Waals surface area contributed by atoms with Gasteiger partial charge in [-0.25, -0.2) is 0 Å². The molecular formula is C16H23ClN2O4. The molecule has 7 heteroatoms. The van der Waals surface area contributed by atoms with Gasteiger partial charge < -0.3 is 20.1 Å². The van der Waals surface area contributed by atoms with Gasteiger partial charge in [0.25, 0.3) is 0 Å². The molecule has 0 fully saturated rings. The zero-order chi connectivity index (χ0) is 17.1. The van der Waals surface area contributed by atoms with Gasteiger partial charge in [0, 0.05) is 24.8 Å². The van der Waals surface area contributed by atoms with Crippen molar-refractivity contribution < 1.29 is 19.1 Å². The lowest BCUT2D eigenvalue weighted by atomic mass is 10.3. The van der Waals surface area contributed by atoms with E-state index in [0.717, 1.165) is 19.4 Å². The maximum Gasteiger partial charge on any atom is 0.313 e. The summed E-state index contributed by atoms with van der Waals surface area (Å²) in [5.74, 6) is -1.04. The Balaban J connectivity index is 2.34. The average molecular weight is 343 g/mol. The smallest absolute Gasteiger partial charge is 0.313 e. The molecule has 1 rings (SSSR count). The first-order valence-corrected chi connectivity index (χ1v) is 7.96. The van der Waals surface area contributed by atoms with Crippen molar-refractivity contribution in [1.82, 2.24) is 5.32 Å². The van der Waals surface area contributed by atoms with Crippen LogP contribution in [0.4, 0.5) is 5.69 Å². The van der Waals surface area contributed by atoms with Crippen LogP contribution in [0.1, 0.15) is 26.2 Å². The Hall–Kier alpha value is -1.79. The summed E-state index contributed by atoms with van der Waals surface area (Å²) in [6.45, 7) is 3.76. The Bertz CT molecular complexity index is 523. The van der Waals surface area contributed by atoms with E-state index in [9.17, 15) is 9.59 Å². The molecule has 2 amide bonds. The van der Waals surface area contributed by atoms with Crippen LogP contribution in [0.2, 0.25) is 5.02 Å². The number of unbranched alkanes of at least 4 members (excludes halogenated alkanes) is 1. The van der Waals surface area contributed by atoms with Crippen LogP contribution in [0, 0.1) is 0 Å². The third-order valence-electron chi connectivity index (χ3n) is 3.01. The summed E-state index contributed by atoms with van der Waals surface area (Å²) < 4.78 is 10.5. The van der Waals surface area contributed by atoms with E-state index in [1.165, 1.54) is 13.2 Å². The molecule has 1 aromatic rings. The highest BCUT2D eigenvalue weighted by atomic mass is 35.5. The van der Waals surface area contributed by atoms with Crippen LogP contribution in [0.5, 0.6) is 5.75 Å². The molecule has 0 aliphatic carbocycles. The number of carbonyl (C=O) groups excluding carboxylic acids is 2. The fraction of sp³-hybridized carbons (Fsp3) is 0.500. The molecule has 0 bridgehead atoms. The van der Waals surface area contributed by atoms with E-state index in [1.807, 2.05) is 0 Å². The second kappa shape index (κ2) is 10.9. The number of methoxy groups -OCH3 is 1. The highest BCUT2D eigenvalue weighted by molar-refractivity contribution is 6.40. The van der Waals surface area contributed by atoms with Crippen molar-refractivity contribution in [3.8, 4) is 5.75 Å². The van der Waals surface area contributed by atoms with E-state index in [-0.39, 0.29) is 0 Å². The van der Waals surface area contributed by atoms with E-state index < -0.39 is 11.8 Å². The molecule has 0 radical (unpaired) electrons. The molecule has 0 atom stereocenters. The van der Waals surface area contributed by atoms with Gasteiger partial charge in [0.05, 0.1) is 12.8 Å². The third-order valence-corrected chi connectivity index (χ3v) is 3.24. The minimum Gasteiger partial charge on any atom is -0.495 e. The van der Waals surface area contributed by atoms with Crippen LogP contribution in [-0.4, -0.2) is 38.7 Å². The summed E-state index contributed by atoms with van der Waals surface area (Å²) in [7, 11) is 1.47. The molecule has 0 spiro atoms. The molecule has 1 aromatic carbocycles. The fourth-order valence-corrected chi connectivity index (χ4v) is 1.93. The number of amides is 2. The van der Waals surface area contributed by atoms with Crippen molar-refractivity contribution in [2.45, 2.75) is 26.2 Å². The molecule has 0 aliphatic heterocycles. The highest BCUT2D eigenvalue weighted by Crippen LogP contribution is 2.27. The normalized spacial score (nSPS) is 10.2. The van der Waals surface area contributed by atoms with E-state index in [0.29, 0.717) is 36.0 Å². The third kappa shape index (κ3) is 7.34. The Morgan fingerprint density at radius 2 is 1.91 bits per heavy atom. The Labute approximate surface area is 141 Å². The fourth-order valence-electron chi connectivity index (χ4n) is 1.76. The van der Waals surface area contributed by atoms with Gasteiger partial charge in [-0.2, -0.15) is 0 Å². The lowest BCUT2D eigenvalue weighted by Crippen LogP contribution is -2.36. The van der Waals surface area contributed by atoms with Gasteiger partial charge in [-0.15, -0.1) is 0 Å². The van der Waals surface area contributed by atoms with Crippen LogP contribution >= 0.6 is 11.6 Å². The van der Waals surface area contributed by atoms with Gasteiger partial charge >= 0.3 is 11.8 Å². The summed E-state index contributed by atoms with van der Waals surface area (Å²) >= 11 is 5.87. The monoisotopic (exact) mass is 342 g/mol. The number of ether oxygens (including phenoxy) is 2. The SMILES string of the molecule is CCCCOCCCNC(=O)C(=O)Nc1cc(Cl)ccc1OC. The molecular weight excluding hydrogens is 320 g/mol. The number of hydrogen-bond acceptors (Lipinski definition) is 4.